The van der Waals surface area contributed by atoms with E-state index in [1.807, 2.05) is 37.3 Å². The Labute approximate surface area is 124 Å². The Balaban J connectivity index is 2.39. The molecule has 106 valence electrons. The van der Waals surface area contributed by atoms with Crippen LogP contribution in [0.4, 0.5) is 0 Å². The number of aryl methyl sites for hydroxylation is 1. The van der Waals surface area contributed by atoms with Crippen LogP contribution in [0.5, 0.6) is 17.2 Å². The zero-order valence-electron chi connectivity index (χ0n) is 11.7. The second-order valence-corrected chi connectivity index (χ2v) is 4.93. The van der Waals surface area contributed by atoms with Gasteiger partial charge in [0.25, 0.3) is 0 Å². The van der Waals surface area contributed by atoms with E-state index >= 15 is 0 Å². The van der Waals surface area contributed by atoms with E-state index in [9.17, 15) is 0 Å². The van der Waals surface area contributed by atoms with Crippen LogP contribution >= 0.6 is 11.6 Å². The Kier molecular flexibility index (Phi) is 4.88. The van der Waals surface area contributed by atoms with Crippen LogP contribution in [-0.4, -0.2) is 13.7 Å². The highest BCUT2D eigenvalue weighted by Gasteiger charge is 2.12. The van der Waals surface area contributed by atoms with Crippen molar-refractivity contribution < 1.29 is 9.47 Å². The summed E-state index contributed by atoms with van der Waals surface area (Å²) < 4.78 is 11.3. The molecule has 20 heavy (non-hydrogen) atoms. The van der Waals surface area contributed by atoms with E-state index < -0.39 is 0 Å². The van der Waals surface area contributed by atoms with E-state index in [2.05, 4.69) is 0 Å². The van der Waals surface area contributed by atoms with E-state index in [0.717, 1.165) is 11.1 Å². The molecule has 0 aromatic heterocycles. The number of benzene rings is 2. The van der Waals surface area contributed by atoms with Crippen molar-refractivity contribution in [1.82, 2.24) is 0 Å². The first kappa shape index (κ1) is 14.7. The number of nitrogens with two attached hydrogens (primary N) is 1. The van der Waals surface area contributed by atoms with E-state index in [4.69, 9.17) is 26.8 Å². The minimum Gasteiger partial charge on any atom is -0.493 e. The molecule has 0 radical (unpaired) electrons. The van der Waals surface area contributed by atoms with E-state index in [-0.39, 0.29) is 0 Å². The number of ether oxygens (including phenoxy) is 2. The smallest absolute Gasteiger partial charge is 0.169 e. The van der Waals surface area contributed by atoms with Gasteiger partial charge in [-0.3, -0.25) is 0 Å². The topological polar surface area (TPSA) is 44.5 Å². The molecule has 0 unspecified atom stereocenters. The van der Waals surface area contributed by atoms with Crippen molar-refractivity contribution in [2.24, 2.45) is 5.73 Å². The molecule has 0 aliphatic carbocycles. The van der Waals surface area contributed by atoms with Crippen molar-refractivity contribution in [2.75, 3.05) is 13.7 Å². The van der Waals surface area contributed by atoms with Crippen LogP contribution in [0.15, 0.2) is 36.4 Å². The molecule has 2 N–H and O–H groups in total. The molecule has 0 saturated heterocycles. The van der Waals surface area contributed by atoms with E-state index in [1.54, 1.807) is 13.2 Å². The summed E-state index contributed by atoms with van der Waals surface area (Å²) in [6.45, 7) is 2.55. The molecular formula is C16H18ClNO2. The van der Waals surface area contributed by atoms with E-state index in [1.165, 1.54) is 0 Å². The summed E-state index contributed by atoms with van der Waals surface area (Å²) in [6.07, 6.45) is 0.712. The van der Waals surface area contributed by atoms with Crippen molar-refractivity contribution in [3.05, 3.63) is 52.5 Å². The fourth-order valence-corrected chi connectivity index (χ4v) is 2.22. The molecule has 4 heteroatoms. The third-order valence-corrected chi connectivity index (χ3v) is 3.29. The fourth-order valence-electron chi connectivity index (χ4n) is 1.99. The SMILES string of the molecule is COc1cc(C)ccc1Oc1c(Cl)cccc1CCN. The molecule has 0 aliphatic heterocycles. The van der Waals surface area contributed by atoms with Gasteiger partial charge in [-0.25, -0.2) is 0 Å². The Bertz CT molecular complexity index is 599. The summed E-state index contributed by atoms with van der Waals surface area (Å²) >= 11 is 6.24. The number of hydrogen-bond donors (Lipinski definition) is 1. The lowest BCUT2D eigenvalue weighted by molar-refractivity contribution is 0.377. The average molecular weight is 292 g/mol. The fraction of sp³-hybridized carbons (Fsp3) is 0.250. The van der Waals surface area contributed by atoms with Crippen LogP contribution in [0.3, 0.4) is 0 Å². The average Bonchev–Trinajstić information content (AvgIpc) is 2.44. The van der Waals surface area contributed by atoms with Crippen LogP contribution < -0.4 is 15.2 Å². The van der Waals surface area contributed by atoms with Crippen LogP contribution in [0.1, 0.15) is 11.1 Å². The second kappa shape index (κ2) is 6.64. The minimum atomic E-state index is 0.543. The third kappa shape index (κ3) is 3.24. The van der Waals surface area contributed by atoms with Gasteiger partial charge in [-0.15, -0.1) is 0 Å². The molecule has 0 amide bonds. The molecular weight excluding hydrogens is 274 g/mol. The van der Waals surface area contributed by atoms with Gasteiger partial charge in [0.05, 0.1) is 12.1 Å². The molecule has 0 aliphatic rings. The lowest BCUT2D eigenvalue weighted by Gasteiger charge is -2.15. The molecule has 3 nitrogen and oxygen atoms in total. The first-order chi connectivity index (χ1) is 9.65. The first-order valence-electron chi connectivity index (χ1n) is 6.45. The summed E-state index contributed by atoms with van der Waals surface area (Å²) in [5.41, 5.74) is 7.72. The molecule has 2 aromatic rings. The quantitative estimate of drug-likeness (QED) is 0.907. The minimum absolute atomic E-state index is 0.543. The van der Waals surface area contributed by atoms with Crippen LogP contribution in [0, 0.1) is 6.92 Å². The molecule has 2 aromatic carbocycles. The lowest BCUT2D eigenvalue weighted by Crippen LogP contribution is -2.04. The van der Waals surface area contributed by atoms with Crippen molar-refractivity contribution in [3.63, 3.8) is 0 Å². The van der Waals surface area contributed by atoms with Gasteiger partial charge >= 0.3 is 0 Å². The van der Waals surface area contributed by atoms with Gasteiger partial charge < -0.3 is 15.2 Å². The molecule has 0 heterocycles. The molecule has 0 spiro atoms. The molecule has 0 fully saturated rings. The monoisotopic (exact) mass is 291 g/mol. The Morgan fingerprint density at radius 1 is 1.15 bits per heavy atom. The summed E-state index contributed by atoms with van der Waals surface area (Å²) in [7, 11) is 1.62. The number of para-hydroxylation sites is 1. The summed E-state index contributed by atoms with van der Waals surface area (Å²) in [5, 5.41) is 0.568. The van der Waals surface area contributed by atoms with Crippen molar-refractivity contribution in [3.8, 4) is 17.2 Å². The lowest BCUT2D eigenvalue weighted by atomic mass is 10.1. The van der Waals surface area contributed by atoms with Crippen molar-refractivity contribution in [2.45, 2.75) is 13.3 Å². The first-order valence-corrected chi connectivity index (χ1v) is 6.83. The number of hydrogen-bond acceptors (Lipinski definition) is 3. The summed E-state index contributed by atoms with van der Waals surface area (Å²) in [5.74, 6) is 1.97. The Morgan fingerprint density at radius 2 is 1.95 bits per heavy atom. The standard InChI is InChI=1S/C16H18ClNO2/c1-11-6-7-14(15(10-11)19-2)20-16-12(8-9-18)4-3-5-13(16)17/h3-7,10H,8-9,18H2,1-2H3. The van der Waals surface area contributed by atoms with Gasteiger partial charge in [-0.2, -0.15) is 0 Å². The van der Waals surface area contributed by atoms with Gasteiger partial charge in [0.2, 0.25) is 0 Å². The van der Waals surface area contributed by atoms with Gasteiger partial charge in [0.15, 0.2) is 11.5 Å². The largest absolute Gasteiger partial charge is 0.493 e. The third-order valence-electron chi connectivity index (χ3n) is 2.99. The predicted molar refractivity (Wildman–Crippen MR) is 82.0 cm³/mol. The van der Waals surface area contributed by atoms with Gasteiger partial charge in [0.1, 0.15) is 5.75 Å². The number of methoxy groups -OCH3 is 1. The Morgan fingerprint density at radius 3 is 2.65 bits per heavy atom. The van der Waals surface area contributed by atoms with Gasteiger partial charge in [-0.05, 0) is 49.2 Å². The van der Waals surface area contributed by atoms with Crippen LogP contribution in [-0.2, 0) is 6.42 Å². The van der Waals surface area contributed by atoms with E-state index in [0.29, 0.717) is 35.2 Å². The van der Waals surface area contributed by atoms with Gasteiger partial charge in [-0.1, -0.05) is 29.8 Å². The molecule has 0 saturated carbocycles. The highest BCUT2D eigenvalue weighted by molar-refractivity contribution is 6.32. The normalized spacial score (nSPS) is 10.4. The predicted octanol–water partition coefficient (Wildman–Crippen LogP) is 3.95. The molecule has 2 rings (SSSR count). The zero-order valence-corrected chi connectivity index (χ0v) is 12.4. The maximum absolute atomic E-state index is 6.24. The van der Waals surface area contributed by atoms with Crippen LogP contribution in [0.2, 0.25) is 5.02 Å². The van der Waals surface area contributed by atoms with Crippen molar-refractivity contribution in [1.29, 1.82) is 0 Å². The second-order valence-electron chi connectivity index (χ2n) is 4.52. The van der Waals surface area contributed by atoms with Crippen LogP contribution in [0.25, 0.3) is 0 Å². The maximum Gasteiger partial charge on any atom is 0.169 e. The highest BCUT2D eigenvalue weighted by Crippen LogP contribution is 2.37. The number of rotatable bonds is 5. The maximum atomic E-state index is 6.24. The zero-order chi connectivity index (χ0) is 14.5. The number of halogens is 1. The summed E-state index contributed by atoms with van der Waals surface area (Å²) in [6, 6.07) is 11.4. The summed E-state index contributed by atoms with van der Waals surface area (Å²) in [4.78, 5) is 0. The molecule has 0 bridgehead atoms. The van der Waals surface area contributed by atoms with Gasteiger partial charge in [0, 0.05) is 0 Å². The van der Waals surface area contributed by atoms with Crippen molar-refractivity contribution >= 4 is 11.6 Å². The molecule has 0 atom stereocenters. The Hall–Kier alpha value is -1.71. The highest BCUT2D eigenvalue weighted by atomic mass is 35.5.